The molecule has 2 rings (SSSR count). The lowest BCUT2D eigenvalue weighted by molar-refractivity contribution is -0.115. The summed E-state index contributed by atoms with van der Waals surface area (Å²) in [6, 6.07) is 13.4. The number of nitrogens with one attached hydrogen (secondary N) is 1. The van der Waals surface area contributed by atoms with E-state index in [0.29, 0.717) is 17.0 Å². The second-order valence-electron chi connectivity index (χ2n) is 5.29. The number of thioether (sulfide) groups is 1. The minimum Gasteiger partial charge on any atom is -0.325 e. The molecule has 1 atom stereocenters. The second kappa shape index (κ2) is 7.80. The van der Waals surface area contributed by atoms with Gasteiger partial charge in [-0.05, 0) is 50.1 Å². The maximum atomic E-state index is 12.5. The summed E-state index contributed by atoms with van der Waals surface area (Å²) >= 11 is 1.34. The van der Waals surface area contributed by atoms with E-state index >= 15 is 0 Å². The van der Waals surface area contributed by atoms with Crippen LogP contribution in [-0.2, 0) is 4.79 Å². The normalized spacial score (nSPS) is 11.6. The van der Waals surface area contributed by atoms with Gasteiger partial charge in [0.05, 0.1) is 10.8 Å². The van der Waals surface area contributed by atoms with Crippen molar-refractivity contribution in [1.82, 2.24) is 4.98 Å². The first kappa shape index (κ1) is 17.0. The Bertz CT molecular complexity index is 752. The van der Waals surface area contributed by atoms with Gasteiger partial charge >= 0.3 is 0 Å². The van der Waals surface area contributed by atoms with Gasteiger partial charge in [-0.3, -0.25) is 4.79 Å². The fourth-order valence-electron chi connectivity index (χ4n) is 2.11. The average Bonchev–Trinajstić information content (AvgIpc) is 2.52. The molecule has 0 aliphatic carbocycles. The fourth-order valence-corrected chi connectivity index (χ4v) is 3.15. The standard InChI is InChI=1S/C18H19N3OS/c1-4-16(17(22)21-15-7-5-6-12(2)10-15)23-18-14(11-19)9-8-13(3)20-18/h5-10,16H,4H2,1-3H3,(H,21,22). The molecule has 1 N–H and O–H groups in total. The Kier molecular flexibility index (Phi) is 5.78. The van der Waals surface area contributed by atoms with Crippen LogP contribution in [0.25, 0.3) is 0 Å². The molecule has 4 nitrogen and oxygen atoms in total. The van der Waals surface area contributed by atoms with Crippen LogP contribution in [0.2, 0.25) is 0 Å². The third kappa shape index (κ3) is 4.57. The van der Waals surface area contributed by atoms with Crippen LogP contribution in [0.1, 0.15) is 30.2 Å². The van der Waals surface area contributed by atoms with Crippen LogP contribution in [0.4, 0.5) is 5.69 Å². The van der Waals surface area contributed by atoms with Crippen LogP contribution in [0, 0.1) is 25.2 Å². The number of carbonyl (C=O) groups is 1. The van der Waals surface area contributed by atoms with Crippen LogP contribution < -0.4 is 5.32 Å². The number of carbonyl (C=O) groups excluding carboxylic acids is 1. The highest BCUT2D eigenvalue weighted by atomic mass is 32.2. The van der Waals surface area contributed by atoms with Crippen LogP contribution in [0.15, 0.2) is 41.4 Å². The third-order valence-electron chi connectivity index (χ3n) is 3.32. The number of amides is 1. The maximum Gasteiger partial charge on any atom is 0.237 e. The number of nitriles is 1. The number of nitrogens with zero attached hydrogens (tertiary/aromatic N) is 2. The molecule has 1 amide bonds. The highest BCUT2D eigenvalue weighted by Crippen LogP contribution is 2.28. The van der Waals surface area contributed by atoms with Crippen molar-refractivity contribution in [2.75, 3.05) is 5.32 Å². The van der Waals surface area contributed by atoms with E-state index < -0.39 is 0 Å². The Morgan fingerprint density at radius 1 is 1.35 bits per heavy atom. The highest BCUT2D eigenvalue weighted by Gasteiger charge is 2.20. The van der Waals surface area contributed by atoms with Gasteiger partial charge < -0.3 is 5.32 Å². The summed E-state index contributed by atoms with van der Waals surface area (Å²) in [5, 5.41) is 12.4. The van der Waals surface area contributed by atoms with Gasteiger partial charge in [-0.25, -0.2) is 4.98 Å². The SMILES string of the molecule is CCC(Sc1nc(C)ccc1C#N)C(=O)Nc1cccc(C)c1. The Morgan fingerprint density at radius 2 is 2.13 bits per heavy atom. The van der Waals surface area contributed by atoms with E-state index in [1.54, 1.807) is 12.1 Å². The quantitative estimate of drug-likeness (QED) is 0.841. The lowest BCUT2D eigenvalue weighted by Gasteiger charge is -2.15. The molecule has 0 aliphatic rings. The zero-order chi connectivity index (χ0) is 16.8. The first-order valence-electron chi connectivity index (χ1n) is 7.45. The van der Waals surface area contributed by atoms with E-state index in [1.807, 2.05) is 45.0 Å². The molecule has 0 spiro atoms. The Labute approximate surface area is 140 Å². The van der Waals surface area contributed by atoms with Gasteiger partial charge in [-0.1, -0.05) is 30.8 Å². The van der Waals surface area contributed by atoms with Crippen molar-refractivity contribution >= 4 is 23.4 Å². The van der Waals surface area contributed by atoms with Crippen molar-refractivity contribution in [3.05, 3.63) is 53.2 Å². The maximum absolute atomic E-state index is 12.5. The molecule has 23 heavy (non-hydrogen) atoms. The van der Waals surface area contributed by atoms with Crippen molar-refractivity contribution in [2.45, 2.75) is 37.5 Å². The van der Waals surface area contributed by atoms with Crippen molar-refractivity contribution < 1.29 is 4.79 Å². The lowest BCUT2D eigenvalue weighted by atomic mass is 10.2. The summed E-state index contributed by atoms with van der Waals surface area (Å²) in [7, 11) is 0. The predicted molar refractivity (Wildman–Crippen MR) is 93.4 cm³/mol. The first-order valence-corrected chi connectivity index (χ1v) is 8.33. The van der Waals surface area contributed by atoms with E-state index in [4.69, 9.17) is 0 Å². The van der Waals surface area contributed by atoms with Gasteiger partial charge in [0.2, 0.25) is 5.91 Å². The molecule has 0 saturated carbocycles. The summed E-state index contributed by atoms with van der Waals surface area (Å²) < 4.78 is 0. The average molecular weight is 325 g/mol. The molecule has 1 aromatic carbocycles. The van der Waals surface area contributed by atoms with Crippen molar-refractivity contribution in [3.8, 4) is 6.07 Å². The summed E-state index contributed by atoms with van der Waals surface area (Å²) in [5.41, 5.74) is 3.21. The zero-order valence-corrected chi connectivity index (χ0v) is 14.3. The van der Waals surface area contributed by atoms with E-state index in [0.717, 1.165) is 16.9 Å². The lowest BCUT2D eigenvalue weighted by Crippen LogP contribution is -2.24. The van der Waals surface area contributed by atoms with Crippen LogP contribution in [0.3, 0.4) is 0 Å². The molecular weight excluding hydrogens is 306 g/mol. The Balaban J connectivity index is 2.15. The molecule has 1 aromatic heterocycles. The van der Waals surface area contributed by atoms with E-state index in [1.165, 1.54) is 11.8 Å². The topological polar surface area (TPSA) is 65.8 Å². The molecule has 2 aromatic rings. The van der Waals surface area contributed by atoms with Crippen LogP contribution in [0.5, 0.6) is 0 Å². The zero-order valence-electron chi connectivity index (χ0n) is 13.5. The smallest absolute Gasteiger partial charge is 0.237 e. The molecule has 0 bridgehead atoms. The summed E-state index contributed by atoms with van der Waals surface area (Å²) in [4.78, 5) is 16.9. The number of rotatable bonds is 5. The number of hydrogen-bond donors (Lipinski definition) is 1. The molecule has 0 aliphatic heterocycles. The molecule has 5 heteroatoms. The predicted octanol–water partition coefficient (Wildman–Crippen LogP) is 4.08. The van der Waals surface area contributed by atoms with Crippen molar-refractivity contribution in [1.29, 1.82) is 5.26 Å². The molecule has 1 heterocycles. The number of benzene rings is 1. The number of anilines is 1. The molecule has 1 unspecified atom stereocenters. The van der Waals surface area contributed by atoms with Gasteiger partial charge in [-0.15, -0.1) is 0 Å². The minimum atomic E-state index is -0.295. The van der Waals surface area contributed by atoms with Crippen molar-refractivity contribution in [2.24, 2.45) is 0 Å². The van der Waals surface area contributed by atoms with E-state index in [-0.39, 0.29) is 11.2 Å². The molecule has 118 valence electrons. The first-order chi connectivity index (χ1) is 11.0. The Morgan fingerprint density at radius 3 is 2.78 bits per heavy atom. The number of aromatic nitrogens is 1. The van der Waals surface area contributed by atoms with Crippen molar-refractivity contribution in [3.63, 3.8) is 0 Å². The van der Waals surface area contributed by atoms with Gasteiger partial charge in [-0.2, -0.15) is 5.26 Å². The molecule has 0 saturated heterocycles. The van der Waals surface area contributed by atoms with Crippen LogP contribution >= 0.6 is 11.8 Å². The monoisotopic (exact) mass is 325 g/mol. The summed E-state index contributed by atoms with van der Waals surface area (Å²) in [6.07, 6.45) is 0.656. The van der Waals surface area contributed by atoms with Gasteiger partial charge in [0.15, 0.2) is 0 Å². The largest absolute Gasteiger partial charge is 0.325 e. The number of pyridine rings is 1. The highest BCUT2D eigenvalue weighted by molar-refractivity contribution is 8.00. The molecular formula is C18H19N3OS. The summed E-state index contributed by atoms with van der Waals surface area (Å²) in [6.45, 7) is 5.81. The van der Waals surface area contributed by atoms with Gasteiger partial charge in [0.25, 0.3) is 0 Å². The minimum absolute atomic E-state index is 0.0738. The number of aryl methyl sites for hydroxylation is 2. The van der Waals surface area contributed by atoms with E-state index in [9.17, 15) is 10.1 Å². The Hall–Kier alpha value is -2.32. The molecule has 0 radical (unpaired) electrons. The fraction of sp³-hybridized carbons (Fsp3) is 0.278. The number of hydrogen-bond acceptors (Lipinski definition) is 4. The molecule has 0 fully saturated rings. The third-order valence-corrected chi connectivity index (χ3v) is 4.69. The summed E-state index contributed by atoms with van der Waals surface area (Å²) in [5.74, 6) is -0.0738. The van der Waals surface area contributed by atoms with Crippen LogP contribution in [-0.4, -0.2) is 16.1 Å². The van der Waals surface area contributed by atoms with Gasteiger partial charge in [0, 0.05) is 11.4 Å². The van der Waals surface area contributed by atoms with Gasteiger partial charge in [0.1, 0.15) is 11.1 Å². The second-order valence-corrected chi connectivity index (χ2v) is 6.48. The van der Waals surface area contributed by atoms with E-state index in [2.05, 4.69) is 16.4 Å².